The van der Waals surface area contributed by atoms with Gasteiger partial charge in [0.05, 0.1) is 18.7 Å². The van der Waals surface area contributed by atoms with E-state index in [-0.39, 0.29) is 5.97 Å². The molecule has 0 spiro atoms. The summed E-state index contributed by atoms with van der Waals surface area (Å²) in [5, 5.41) is 2.35. The summed E-state index contributed by atoms with van der Waals surface area (Å²) in [6, 6.07) is 3.99. The highest BCUT2D eigenvalue weighted by Crippen LogP contribution is 2.33. The molecule has 6 heteroatoms. The highest BCUT2D eigenvalue weighted by Gasteiger charge is 2.40. The maximum Gasteiger partial charge on any atom is 0.339 e. The van der Waals surface area contributed by atoms with Gasteiger partial charge in [-0.05, 0) is 93.8 Å². The van der Waals surface area contributed by atoms with Crippen molar-refractivity contribution in [3.8, 4) is 0 Å². The second kappa shape index (κ2) is 7.81. The number of hydrogen-bond acceptors (Lipinski definition) is 2. The highest BCUT2D eigenvalue weighted by atomic mass is 127. The van der Waals surface area contributed by atoms with Gasteiger partial charge < -0.3 is 10.1 Å². The zero-order chi connectivity index (χ0) is 16.5. The van der Waals surface area contributed by atoms with Gasteiger partial charge in [0.1, 0.15) is 5.60 Å². The van der Waals surface area contributed by atoms with Crippen molar-refractivity contribution in [3.05, 3.63) is 28.4 Å². The van der Waals surface area contributed by atoms with Crippen molar-refractivity contribution >= 4 is 73.7 Å². The van der Waals surface area contributed by atoms with E-state index in [1.54, 1.807) is 0 Å². The summed E-state index contributed by atoms with van der Waals surface area (Å²) in [6.45, 7) is 8.61. The lowest BCUT2D eigenvalue weighted by molar-refractivity contribution is -0.672. The van der Waals surface area contributed by atoms with E-state index in [0.29, 0.717) is 17.4 Å². The van der Waals surface area contributed by atoms with Crippen LogP contribution in [0.5, 0.6) is 0 Å². The molecule has 1 aliphatic heterocycles. The second-order valence-corrected chi connectivity index (χ2v) is 9.91. The molecule has 0 bridgehead atoms. The highest BCUT2D eigenvalue weighted by molar-refractivity contribution is 14.1. The number of rotatable bonds is 3. The number of quaternary nitrogens is 1. The van der Waals surface area contributed by atoms with Crippen molar-refractivity contribution in [2.75, 3.05) is 13.1 Å². The van der Waals surface area contributed by atoms with Gasteiger partial charge in [0.15, 0.2) is 0 Å². The summed E-state index contributed by atoms with van der Waals surface area (Å²) in [4.78, 5) is 12.7. The summed E-state index contributed by atoms with van der Waals surface area (Å²) < 4.78 is 9.09. The number of ether oxygens (including phenoxy) is 1. The fourth-order valence-electron chi connectivity index (χ4n) is 3.23. The first kappa shape index (κ1) is 19.2. The van der Waals surface area contributed by atoms with Crippen LogP contribution in [0.1, 0.15) is 37.6 Å². The average molecular weight is 640 g/mol. The van der Waals surface area contributed by atoms with Gasteiger partial charge in [-0.3, -0.25) is 0 Å². The van der Waals surface area contributed by atoms with Gasteiger partial charge in [0.2, 0.25) is 0 Å². The first-order valence-electron chi connectivity index (χ1n) is 7.42. The minimum Gasteiger partial charge on any atom is -0.456 e. The molecule has 0 aromatic heterocycles. The van der Waals surface area contributed by atoms with Crippen molar-refractivity contribution in [2.24, 2.45) is 11.8 Å². The number of hydrogen-bond donors (Lipinski definition) is 1. The summed E-state index contributed by atoms with van der Waals surface area (Å²) in [5.74, 6) is 0.778. The number of esters is 1. The molecule has 1 aliphatic rings. The standard InChI is InChI=1S/C16H20I3NO2/c1-9-8-20-5-4-12(9)16(2,3)22-15(21)11-6-10(17)7-13(18)14(11)19/h6-7,9,12,20H,4-5,8H2,1-3H3/p+1. The van der Waals surface area contributed by atoms with Gasteiger partial charge in [-0.2, -0.15) is 0 Å². The van der Waals surface area contributed by atoms with E-state index in [2.05, 4.69) is 99.9 Å². The topological polar surface area (TPSA) is 42.9 Å². The Kier molecular flexibility index (Phi) is 6.81. The van der Waals surface area contributed by atoms with Gasteiger partial charge in [-0.25, -0.2) is 4.79 Å². The molecule has 1 heterocycles. The molecule has 0 saturated carbocycles. The van der Waals surface area contributed by atoms with Gasteiger partial charge in [-0.1, -0.05) is 6.92 Å². The number of benzene rings is 1. The van der Waals surface area contributed by atoms with Crippen LogP contribution in [-0.4, -0.2) is 24.7 Å². The van der Waals surface area contributed by atoms with Crippen LogP contribution in [0, 0.1) is 22.5 Å². The Balaban J connectivity index is 2.20. The molecule has 1 saturated heterocycles. The lowest BCUT2D eigenvalue weighted by atomic mass is 9.77. The zero-order valence-electron chi connectivity index (χ0n) is 13.0. The predicted octanol–water partition coefficient (Wildman–Crippen LogP) is 3.66. The number of nitrogens with two attached hydrogens (primary N) is 1. The van der Waals surface area contributed by atoms with Crippen molar-refractivity contribution in [1.82, 2.24) is 0 Å². The molecule has 3 nitrogen and oxygen atoms in total. The summed E-state index contributed by atoms with van der Waals surface area (Å²) in [6.07, 6.45) is 1.10. The van der Waals surface area contributed by atoms with E-state index in [1.807, 2.05) is 6.07 Å². The normalized spacial score (nSPS) is 22.5. The molecular weight excluding hydrogens is 619 g/mol. The molecule has 122 valence electrons. The number of carbonyl (C=O) groups excluding carboxylic acids is 1. The van der Waals surface area contributed by atoms with Crippen molar-refractivity contribution < 1.29 is 14.8 Å². The molecule has 2 N–H and O–H groups in total. The number of carbonyl (C=O) groups is 1. The molecule has 2 rings (SSSR count). The van der Waals surface area contributed by atoms with Gasteiger partial charge in [0.25, 0.3) is 0 Å². The minimum atomic E-state index is -0.430. The Morgan fingerprint density at radius 3 is 2.64 bits per heavy atom. The Morgan fingerprint density at radius 1 is 1.32 bits per heavy atom. The second-order valence-electron chi connectivity index (χ2n) is 6.43. The van der Waals surface area contributed by atoms with Crippen LogP contribution in [0.25, 0.3) is 0 Å². The lowest BCUT2D eigenvalue weighted by Gasteiger charge is -2.39. The average Bonchev–Trinajstić information content (AvgIpc) is 2.42. The molecule has 1 aromatic carbocycles. The molecule has 1 fully saturated rings. The van der Waals surface area contributed by atoms with E-state index in [9.17, 15) is 4.79 Å². The fraction of sp³-hybridized carbons (Fsp3) is 0.562. The van der Waals surface area contributed by atoms with E-state index in [4.69, 9.17) is 4.74 Å². The third-order valence-corrected chi connectivity index (χ3v) is 8.04. The van der Waals surface area contributed by atoms with Crippen LogP contribution < -0.4 is 5.32 Å². The molecule has 22 heavy (non-hydrogen) atoms. The van der Waals surface area contributed by atoms with Gasteiger partial charge in [0, 0.05) is 29.0 Å². The molecular formula is C16H21I3NO2+. The molecule has 0 amide bonds. The largest absolute Gasteiger partial charge is 0.456 e. The number of halogens is 3. The van der Waals surface area contributed by atoms with E-state index < -0.39 is 5.60 Å². The maximum absolute atomic E-state index is 12.7. The van der Waals surface area contributed by atoms with E-state index >= 15 is 0 Å². The molecule has 2 atom stereocenters. The summed E-state index contributed by atoms with van der Waals surface area (Å²) in [7, 11) is 0. The Morgan fingerprint density at radius 2 is 2.00 bits per heavy atom. The van der Waals surface area contributed by atoms with Crippen LogP contribution >= 0.6 is 67.8 Å². The Labute approximate surface area is 173 Å². The van der Waals surface area contributed by atoms with Crippen molar-refractivity contribution in [1.29, 1.82) is 0 Å². The SMILES string of the molecule is CC1C[NH2+]CCC1C(C)(C)OC(=O)c1cc(I)cc(I)c1I. The summed E-state index contributed by atoms with van der Waals surface area (Å²) >= 11 is 6.74. The van der Waals surface area contributed by atoms with Crippen LogP contribution in [0.2, 0.25) is 0 Å². The molecule has 2 unspecified atom stereocenters. The molecule has 0 radical (unpaired) electrons. The fourth-order valence-corrected chi connectivity index (χ4v) is 5.61. The Hall–Kier alpha value is 0.840. The summed E-state index contributed by atoms with van der Waals surface area (Å²) in [5.41, 5.74) is 0.251. The van der Waals surface area contributed by atoms with Crippen molar-refractivity contribution in [3.63, 3.8) is 0 Å². The van der Waals surface area contributed by atoms with Crippen LogP contribution in [-0.2, 0) is 4.74 Å². The third-order valence-electron chi connectivity index (χ3n) is 4.37. The van der Waals surface area contributed by atoms with Gasteiger partial charge >= 0.3 is 5.97 Å². The molecule has 0 aliphatic carbocycles. The number of piperidine rings is 1. The lowest BCUT2D eigenvalue weighted by Crippen LogP contribution is -2.88. The quantitative estimate of drug-likeness (QED) is 0.312. The predicted molar refractivity (Wildman–Crippen MR) is 113 cm³/mol. The zero-order valence-corrected chi connectivity index (χ0v) is 19.4. The van der Waals surface area contributed by atoms with Crippen molar-refractivity contribution in [2.45, 2.75) is 32.8 Å². The first-order chi connectivity index (χ1) is 10.2. The molecule has 1 aromatic rings. The van der Waals surface area contributed by atoms with E-state index in [0.717, 1.165) is 30.2 Å². The van der Waals surface area contributed by atoms with Crippen LogP contribution in [0.15, 0.2) is 12.1 Å². The van der Waals surface area contributed by atoms with E-state index in [1.165, 1.54) is 0 Å². The van der Waals surface area contributed by atoms with Crippen LogP contribution in [0.3, 0.4) is 0 Å². The first-order valence-corrected chi connectivity index (χ1v) is 10.7. The third kappa shape index (κ3) is 4.47. The smallest absolute Gasteiger partial charge is 0.339 e. The maximum atomic E-state index is 12.7. The van der Waals surface area contributed by atoms with Crippen LogP contribution in [0.4, 0.5) is 0 Å². The van der Waals surface area contributed by atoms with Gasteiger partial charge in [-0.15, -0.1) is 0 Å². The Bertz CT molecular complexity index is 575. The monoisotopic (exact) mass is 640 g/mol. The minimum absolute atomic E-state index is 0.201.